The van der Waals surface area contributed by atoms with Crippen LogP contribution in [0.4, 0.5) is 0 Å². The van der Waals surface area contributed by atoms with Gasteiger partial charge in [-0.3, -0.25) is 0 Å². The van der Waals surface area contributed by atoms with E-state index < -0.39 is 10.0 Å². The molecule has 0 saturated carbocycles. The first-order valence-electron chi connectivity index (χ1n) is 7.96. The van der Waals surface area contributed by atoms with Crippen molar-refractivity contribution in [1.82, 2.24) is 19.5 Å². The number of hydrogen-bond donors (Lipinski definition) is 1. The first kappa shape index (κ1) is 21.6. The quantitative estimate of drug-likeness (QED) is 0.458. The average molecular weight is 522 g/mol. The largest absolute Gasteiger partial charge is 0.308 e. The molecule has 0 unspecified atom stereocenters. The summed E-state index contributed by atoms with van der Waals surface area (Å²) in [7, 11) is -1.84. The summed E-state index contributed by atoms with van der Waals surface area (Å²) < 4.78 is 29.9. The Morgan fingerprint density at radius 3 is 2.50 bits per heavy atom. The molecule has 0 aliphatic heterocycles. The van der Waals surface area contributed by atoms with E-state index in [-0.39, 0.29) is 11.4 Å². The number of aromatic nitrogens is 3. The molecule has 1 aromatic heterocycles. The number of nitrogens with one attached hydrogen (secondary N) is 1. The number of rotatable bonds is 7. The molecule has 0 aliphatic carbocycles. The Hall–Kier alpha value is -1.10. The van der Waals surface area contributed by atoms with Gasteiger partial charge >= 0.3 is 0 Å². The lowest BCUT2D eigenvalue weighted by Gasteiger charge is -2.07. The van der Waals surface area contributed by atoms with Crippen molar-refractivity contribution in [2.24, 2.45) is 7.05 Å². The first-order valence-corrected chi connectivity index (χ1v) is 12.0. The van der Waals surface area contributed by atoms with Crippen molar-refractivity contribution in [3.63, 3.8) is 0 Å². The topological polar surface area (TPSA) is 76.9 Å². The summed E-state index contributed by atoms with van der Waals surface area (Å²) in [6, 6.07) is 11.9. The fourth-order valence-electron chi connectivity index (χ4n) is 2.26. The standard InChI is InChI=1S/C17H15BrCl2N4O2S2/c1-24-16(9-21-28(25,26)13-5-3-12(18)4-6-13)22-23-17(24)27-10-11-2-7-14(19)15(20)8-11/h2-8,21H,9-10H2,1H3. The highest BCUT2D eigenvalue weighted by Crippen LogP contribution is 2.27. The van der Waals surface area contributed by atoms with Gasteiger partial charge in [-0.15, -0.1) is 10.2 Å². The molecule has 3 aromatic rings. The van der Waals surface area contributed by atoms with E-state index in [4.69, 9.17) is 23.2 Å². The molecular weight excluding hydrogens is 507 g/mol. The van der Waals surface area contributed by atoms with E-state index in [9.17, 15) is 8.42 Å². The van der Waals surface area contributed by atoms with Gasteiger partial charge in [0.25, 0.3) is 0 Å². The third-order valence-electron chi connectivity index (χ3n) is 3.82. The maximum atomic E-state index is 12.4. The molecule has 28 heavy (non-hydrogen) atoms. The van der Waals surface area contributed by atoms with Crippen molar-refractivity contribution >= 4 is 60.9 Å². The Bertz CT molecular complexity index is 1090. The maximum absolute atomic E-state index is 12.4. The van der Waals surface area contributed by atoms with Gasteiger partial charge in [-0.25, -0.2) is 13.1 Å². The van der Waals surface area contributed by atoms with Crippen molar-refractivity contribution in [2.45, 2.75) is 22.3 Å². The van der Waals surface area contributed by atoms with Gasteiger partial charge in [0.2, 0.25) is 10.0 Å². The number of sulfonamides is 1. The number of thioether (sulfide) groups is 1. The van der Waals surface area contributed by atoms with E-state index in [1.807, 2.05) is 6.07 Å². The van der Waals surface area contributed by atoms with Crippen LogP contribution in [-0.4, -0.2) is 23.2 Å². The van der Waals surface area contributed by atoms with Crippen LogP contribution in [0, 0.1) is 0 Å². The summed E-state index contributed by atoms with van der Waals surface area (Å²) in [4.78, 5) is 0.187. The monoisotopic (exact) mass is 520 g/mol. The van der Waals surface area contributed by atoms with Gasteiger partial charge in [0.15, 0.2) is 5.16 Å². The van der Waals surface area contributed by atoms with Crippen LogP contribution >= 0.6 is 50.9 Å². The van der Waals surface area contributed by atoms with Crippen LogP contribution < -0.4 is 4.72 Å². The zero-order valence-corrected chi connectivity index (χ0v) is 19.3. The molecule has 1 heterocycles. The molecule has 0 atom stereocenters. The van der Waals surface area contributed by atoms with Gasteiger partial charge in [0.05, 0.1) is 21.5 Å². The lowest BCUT2D eigenvalue weighted by atomic mass is 10.2. The summed E-state index contributed by atoms with van der Waals surface area (Å²) in [5, 5.41) is 9.89. The number of benzene rings is 2. The van der Waals surface area contributed by atoms with Crippen LogP contribution in [0.25, 0.3) is 0 Å². The fourth-order valence-corrected chi connectivity index (χ4v) is 4.70. The average Bonchev–Trinajstić information content (AvgIpc) is 3.01. The lowest BCUT2D eigenvalue weighted by Crippen LogP contribution is -2.24. The SMILES string of the molecule is Cn1c(CNS(=O)(=O)c2ccc(Br)cc2)nnc1SCc1ccc(Cl)c(Cl)c1. The van der Waals surface area contributed by atoms with Crippen LogP contribution in [0.5, 0.6) is 0 Å². The summed E-state index contributed by atoms with van der Waals surface area (Å²) in [5.74, 6) is 1.14. The summed E-state index contributed by atoms with van der Waals surface area (Å²) >= 11 is 16.7. The van der Waals surface area contributed by atoms with Crippen molar-refractivity contribution < 1.29 is 8.42 Å². The van der Waals surface area contributed by atoms with Crippen LogP contribution in [0.2, 0.25) is 10.0 Å². The summed E-state index contributed by atoms with van der Waals surface area (Å²) in [6.45, 7) is 0.0369. The molecule has 6 nitrogen and oxygen atoms in total. The van der Waals surface area contributed by atoms with Gasteiger partial charge in [0, 0.05) is 17.3 Å². The Labute approximate surface area is 185 Å². The highest BCUT2D eigenvalue weighted by atomic mass is 79.9. The van der Waals surface area contributed by atoms with E-state index >= 15 is 0 Å². The summed E-state index contributed by atoms with van der Waals surface area (Å²) in [5.41, 5.74) is 1.000. The van der Waals surface area contributed by atoms with Crippen molar-refractivity contribution in [1.29, 1.82) is 0 Å². The van der Waals surface area contributed by atoms with Crippen LogP contribution in [0.15, 0.2) is 57.0 Å². The maximum Gasteiger partial charge on any atom is 0.240 e. The molecule has 0 spiro atoms. The first-order chi connectivity index (χ1) is 13.3. The predicted octanol–water partition coefficient (Wildman–Crippen LogP) is 4.66. The molecule has 2 aromatic carbocycles. The number of nitrogens with zero attached hydrogens (tertiary/aromatic N) is 3. The number of hydrogen-bond acceptors (Lipinski definition) is 5. The highest BCUT2D eigenvalue weighted by Gasteiger charge is 2.16. The minimum atomic E-state index is -3.63. The van der Waals surface area contributed by atoms with E-state index in [0.717, 1.165) is 10.0 Å². The van der Waals surface area contributed by atoms with Crippen molar-refractivity contribution in [3.8, 4) is 0 Å². The van der Waals surface area contributed by atoms with Gasteiger partial charge in [-0.05, 0) is 42.0 Å². The molecular formula is C17H15BrCl2N4O2S2. The molecule has 0 saturated heterocycles. The molecule has 0 aliphatic rings. The van der Waals surface area contributed by atoms with Crippen LogP contribution in [0.3, 0.4) is 0 Å². The molecule has 1 N–H and O–H groups in total. The minimum Gasteiger partial charge on any atom is -0.308 e. The number of halogens is 3. The molecule has 11 heteroatoms. The Morgan fingerprint density at radius 2 is 1.82 bits per heavy atom. The third-order valence-corrected chi connectivity index (χ3v) is 7.60. The Morgan fingerprint density at radius 1 is 1.11 bits per heavy atom. The van der Waals surface area contributed by atoms with Crippen molar-refractivity contribution in [3.05, 3.63) is 68.4 Å². The van der Waals surface area contributed by atoms with Crippen molar-refractivity contribution in [2.75, 3.05) is 0 Å². The Balaban J connectivity index is 1.64. The third kappa shape index (κ3) is 5.28. The van der Waals surface area contributed by atoms with Crippen LogP contribution in [-0.2, 0) is 29.4 Å². The zero-order valence-electron chi connectivity index (χ0n) is 14.6. The van der Waals surface area contributed by atoms with E-state index in [0.29, 0.717) is 26.8 Å². The predicted molar refractivity (Wildman–Crippen MR) is 115 cm³/mol. The van der Waals surface area contributed by atoms with Gasteiger partial charge in [0.1, 0.15) is 5.82 Å². The molecule has 0 amide bonds. The smallest absolute Gasteiger partial charge is 0.240 e. The summed E-state index contributed by atoms with van der Waals surface area (Å²) in [6.07, 6.45) is 0. The Kier molecular flexibility index (Phi) is 7.06. The molecule has 3 rings (SSSR count). The van der Waals surface area contributed by atoms with Gasteiger partial charge < -0.3 is 4.57 Å². The second-order valence-electron chi connectivity index (χ2n) is 5.77. The van der Waals surface area contributed by atoms with E-state index in [2.05, 4.69) is 30.8 Å². The zero-order chi connectivity index (χ0) is 20.3. The second-order valence-corrected chi connectivity index (χ2v) is 10.2. The van der Waals surface area contributed by atoms with Crippen LogP contribution in [0.1, 0.15) is 11.4 Å². The van der Waals surface area contributed by atoms with E-state index in [1.165, 1.54) is 23.9 Å². The minimum absolute atomic E-state index is 0.0369. The van der Waals surface area contributed by atoms with E-state index in [1.54, 1.807) is 35.9 Å². The molecule has 0 bridgehead atoms. The molecule has 0 fully saturated rings. The van der Waals surface area contributed by atoms with Gasteiger partial charge in [-0.1, -0.05) is 57.0 Å². The molecule has 148 valence electrons. The fraction of sp³-hybridized carbons (Fsp3) is 0.176. The molecule has 0 radical (unpaired) electrons. The highest BCUT2D eigenvalue weighted by molar-refractivity contribution is 9.10. The van der Waals surface area contributed by atoms with Gasteiger partial charge in [-0.2, -0.15) is 0 Å². The normalized spacial score (nSPS) is 11.7. The lowest BCUT2D eigenvalue weighted by molar-refractivity contribution is 0.576. The second kappa shape index (κ2) is 9.15.